The minimum absolute atomic E-state index is 0.116. The fourth-order valence-corrected chi connectivity index (χ4v) is 9.07. The number of carbonyl (C=O) groups excluding carboxylic acids is 2. The number of carbonyl (C=O) groups is 2. The molecule has 4 fully saturated rings. The van der Waals surface area contributed by atoms with Gasteiger partial charge in [-0.1, -0.05) is 46.0 Å². The SMILES string of the molecule is CCN(C)C(=O)CCCCCCCC1CC2CC(=O)CC[C@]2(C)[C@@H]2CC[C@]3(C)C(O)CC[C@H]3[C@H]12. The van der Waals surface area contributed by atoms with Crippen LogP contribution >= 0.6 is 0 Å². The summed E-state index contributed by atoms with van der Waals surface area (Å²) in [6, 6.07) is 0. The van der Waals surface area contributed by atoms with Crippen LogP contribution in [0.2, 0.25) is 0 Å². The molecule has 0 aromatic carbocycles. The predicted octanol–water partition coefficient (Wildman–Crippen LogP) is 6.39. The lowest BCUT2D eigenvalue weighted by molar-refractivity contribution is -0.156. The molecule has 4 heteroatoms. The standard InChI is InChI=1S/C30H51NO3/c1-5-31(4)27(34)12-10-8-6-7-9-11-21-19-22-20-23(32)15-17-29(22,2)25-16-18-30(3)24(28(21)25)13-14-26(30)33/h21-22,24-26,28,33H,5-20H2,1-4H3/t21?,22?,24-,25+,26?,28-,29-,30-/m0/s1. The fraction of sp³-hybridized carbons (Fsp3) is 0.933. The molecule has 4 aliphatic carbocycles. The molecule has 4 saturated carbocycles. The van der Waals surface area contributed by atoms with Crippen molar-refractivity contribution in [2.24, 2.45) is 40.4 Å². The summed E-state index contributed by atoms with van der Waals surface area (Å²) in [4.78, 5) is 26.2. The van der Waals surface area contributed by atoms with Gasteiger partial charge in [0.2, 0.25) is 5.91 Å². The van der Waals surface area contributed by atoms with Crippen LogP contribution in [-0.4, -0.2) is 41.4 Å². The number of hydrogen-bond donors (Lipinski definition) is 1. The Morgan fingerprint density at radius 1 is 1.00 bits per heavy atom. The van der Waals surface area contributed by atoms with Crippen molar-refractivity contribution in [1.29, 1.82) is 0 Å². The second-order valence-electron chi connectivity index (χ2n) is 13.1. The third-order valence-corrected chi connectivity index (χ3v) is 11.5. The highest BCUT2D eigenvalue weighted by molar-refractivity contribution is 5.79. The van der Waals surface area contributed by atoms with Crippen molar-refractivity contribution in [3.8, 4) is 0 Å². The van der Waals surface area contributed by atoms with Crippen molar-refractivity contribution in [3.05, 3.63) is 0 Å². The smallest absolute Gasteiger partial charge is 0.222 e. The van der Waals surface area contributed by atoms with Crippen LogP contribution in [-0.2, 0) is 9.59 Å². The van der Waals surface area contributed by atoms with Crippen molar-refractivity contribution < 1.29 is 14.7 Å². The molecule has 0 radical (unpaired) electrons. The molecule has 0 aromatic rings. The Morgan fingerprint density at radius 3 is 2.47 bits per heavy atom. The number of rotatable bonds is 9. The Kier molecular flexibility index (Phi) is 8.17. The van der Waals surface area contributed by atoms with Crippen LogP contribution in [0.1, 0.15) is 117 Å². The van der Waals surface area contributed by atoms with Crippen LogP contribution in [0.25, 0.3) is 0 Å². The molecule has 4 rings (SSSR count). The zero-order valence-electron chi connectivity index (χ0n) is 22.5. The Morgan fingerprint density at radius 2 is 1.71 bits per heavy atom. The summed E-state index contributed by atoms with van der Waals surface area (Å²) in [6.07, 6.45) is 16.4. The topological polar surface area (TPSA) is 57.6 Å². The van der Waals surface area contributed by atoms with E-state index in [1.165, 1.54) is 51.4 Å². The lowest BCUT2D eigenvalue weighted by Gasteiger charge is -2.62. The molecule has 3 unspecified atom stereocenters. The van der Waals surface area contributed by atoms with Crippen molar-refractivity contribution in [2.45, 2.75) is 123 Å². The molecule has 0 heterocycles. The van der Waals surface area contributed by atoms with E-state index in [1.54, 1.807) is 0 Å². The average Bonchev–Trinajstić information content (AvgIpc) is 3.12. The number of hydrogen-bond acceptors (Lipinski definition) is 3. The maximum Gasteiger partial charge on any atom is 0.222 e. The van der Waals surface area contributed by atoms with E-state index in [0.29, 0.717) is 29.5 Å². The van der Waals surface area contributed by atoms with Crippen LogP contribution in [0.4, 0.5) is 0 Å². The Hall–Kier alpha value is -0.900. The van der Waals surface area contributed by atoms with Gasteiger partial charge in [-0.25, -0.2) is 0 Å². The molecule has 1 N–H and O–H groups in total. The Labute approximate surface area is 208 Å². The van der Waals surface area contributed by atoms with Gasteiger partial charge in [0.1, 0.15) is 5.78 Å². The normalized spacial score (nSPS) is 41.5. The summed E-state index contributed by atoms with van der Waals surface area (Å²) in [5, 5.41) is 10.9. The maximum atomic E-state index is 12.4. The molecule has 0 bridgehead atoms. The van der Waals surface area contributed by atoms with E-state index in [4.69, 9.17) is 0 Å². The second kappa shape index (κ2) is 10.6. The van der Waals surface area contributed by atoms with Gasteiger partial charge in [0.25, 0.3) is 0 Å². The highest BCUT2D eigenvalue weighted by Gasteiger charge is 2.62. The number of nitrogens with zero attached hydrogens (tertiary/aromatic N) is 1. The molecule has 0 spiro atoms. The van der Waals surface area contributed by atoms with Gasteiger partial charge in [0.15, 0.2) is 0 Å². The van der Waals surface area contributed by atoms with E-state index < -0.39 is 0 Å². The van der Waals surface area contributed by atoms with E-state index >= 15 is 0 Å². The van der Waals surface area contributed by atoms with Gasteiger partial charge < -0.3 is 10.0 Å². The van der Waals surface area contributed by atoms with Gasteiger partial charge in [-0.05, 0) is 92.3 Å². The van der Waals surface area contributed by atoms with Gasteiger partial charge in [-0.2, -0.15) is 0 Å². The number of Topliss-reactive ketones (excluding diaryl/α,β-unsaturated/α-hetero) is 1. The number of ketones is 1. The van der Waals surface area contributed by atoms with Crippen LogP contribution < -0.4 is 0 Å². The summed E-state index contributed by atoms with van der Waals surface area (Å²) in [6.45, 7) is 7.74. The van der Waals surface area contributed by atoms with Gasteiger partial charge in [0, 0.05) is 32.9 Å². The zero-order chi connectivity index (χ0) is 24.5. The molecular weight excluding hydrogens is 422 g/mol. The first kappa shape index (κ1) is 26.2. The van der Waals surface area contributed by atoms with Gasteiger partial charge >= 0.3 is 0 Å². The Balaban J connectivity index is 1.36. The minimum atomic E-state index is -0.118. The monoisotopic (exact) mass is 473 g/mol. The number of amides is 1. The third-order valence-electron chi connectivity index (χ3n) is 11.5. The van der Waals surface area contributed by atoms with Crippen LogP contribution in [0.15, 0.2) is 0 Å². The lowest BCUT2D eigenvalue weighted by Crippen LogP contribution is -2.57. The molecule has 194 valence electrons. The van der Waals surface area contributed by atoms with Gasteiger partial charge in [-0.15, -0.1) is 0 Å². The molecule has 0 aliphatic heterocycles. The van der Waals surface area contributed by atoms with E-state index in [-0.39, 0.29) is 17.4 Å². The van der Waals surface area contributed by atoms with Gasteiger partial charge in [-0.3, -0.25) is 9.59 Å². The molecule has 4 nitrogen and oxygen atoms in total. The first-order valence-electron chi connectivity index (χ1n) is 14.6. The van der Waals surface area contributed by atoms with E-state index in [0.717, 1.165) is 62.8 Å². The van der Waals surface area contributed by atoms with Crippen LogP contribution in [0, 0.1) is 40.4 Å². The highest BCUT2D eigenvalue weighted by atomic mass is 16.3. The van der Waals surface area contributed by atoms with Crippen LogP contribution in [0.3, 0.4) is 0 Å². The van der Waals surface area contributed by atoms with Gasteiger partial charge in [0.05, 0.1) is 6.10 Å². The van der Waals surface area contributed by atoms with Crippen molar-refractivity contribution in [2.75, 3.05) is 13.6 Å². The third kappa shape index (κ3) is 4.87. The Bertz CT molecular complexity index is 737. The highest BCUT2D eigenvalue weighted by Crippen LogP contribution is 2.67. The fourth-order valence-electron chi connectivity index (χ4n) is 9.07. The van der Waals surface area contributed by atoms with Crippen molar-refractivity contribution in [3.63, 3.8) is 0 Å². The first-order valence-corrected chi connectivity index (χ1v) is 14.6. The number of aliphatic hydroxyl groups excluding tert-OH is 1. The molecule has 1 amide bonds. The lowest BCUT2D eigenvalue weighted by atomic mass is 9.42. The van der Waals surface area contributed by atoms with E-state index in [9.17, 15) is 14.7 Å². The summed E-state index contributed by atoms with van der Waals surface area (Å²) in [5.41, 5.74) is 0.452. The minimum Gasteiger partial charge on any atom is -0.393 e. The molecular formula is C30H51NO3. The second-order valence-corrected chi connectivity index (χ2v) is 13.1. The maximum absolute atomic E-state index is 12.4. The van der Waals surface area contributed by atoms with E-state index in [1.807, 2.05) is 18.9 Å². The quantitative estimate of drug-likeness (QED) is 0.395. The number of aliphatic hydroxyl groups is 1. The average molecular weight is 474 g/mol. The largest absolute Gasteiger partial charge is 0.393 e. The van der Waals surface area contributed by atoms with E-state index in [2.05, 4.69) is 13.8 Å². The molecule has 34 heavy (non-hydrogen) atoms. The predicted molar refractivity (Wildman–Crippen MR) is 137 cm³/mol. The summed E-state index contributed by atoms with van der Waals surface area (Å²) < 4.78 is 0. The molecule has 0 aromatic heterocycles. The van der Waals surface area contributed by atoms with Crippen molar-refractivity contribution >= 4 is 11.7 Å². The summed E-state index contributed by atoms with van der Waals surface area (Å²) >= 11 is 0. The summed E-state index contributed by atoms with van der Waals surface area (Å²) in [7, 11) is 1.89. The molecule has 8 atom stereocenters. The zero-order valence-corrected chi connectivity index (χ0v) is 22.5. The number of unbranched alkanes of at least 4 members (excludes halogenated alkanes) is 4. The number of fused-ring (bicyclic) bond motifs is 5. The summed E-state index contributed by atoms with van der Waals surface area (Å²) in [5.74, 6) is 4.24. The molecule has 4 aliphatic rings. The molecule has 0 saturated heterocycles. The van der Waals surface area contributed by atoms with Crippen LogP contribution in [0.5, 0.6) is 0 Å². The van der Waals surface area contributed by atoms with Crippen molar-refractivity contribution in [1.82, 2.24) is 4.90 Å². The first-order chi connectivity index (χ1) is 16.2.